The lowest BCUT2D eigenvalue weighted by Crippen LogP contribution is -2.13. The maximum absolute atomic E-state index is 12.9. The van der Waals surface area contributed by atoms with Gasteiger partial charge in [0.15, 0.2) is 0 Å². The van der Waals surface area contributed by atoms with Gasteiger partial charge < -0.3 is 5.32 Å². The number of carbonyl (C=O) groups is 1. The molecule has 2 aromatic carbocycles. The van der Waals surface area contributed by atoms with Gasteiger partial charge in [-0.05, 0) is 32.0 Å². The van der Waals surface area contributed by atoms with Gasteiger partial charge in [0.25, 0.3) is 5.91 Å². The molecule has 0 aliphatic rings. The van der Waals surface area contributed by atoms with Crippen LogP contribution in [-0.4, -0.2) is 20.7 Å². The van der Waals surface area contributed by atoms with Crippen molar-refractivity contribution in [1.82, 2.24) is 14.8 Å². The second-order valence-corrected chi connectivity index (χ2v) is 7.20. The van der Waals surface area contributed by atoms with Crippen LogP contribution in [0.5, 0.6) is 0 Å². The second kappa shape index (κ2) is 7.17. The minimum Gasteiger partial charge on any atom is -0.321 e. The molecule has 5 nitrogen and oxygen atoms in total. The van der Waals surface area contributed by atoms with E-state index in [9.17, 15) is 4.79 Å². The van der Waals surface area contributed by atoms with Crippen LogP contribution >= 0.6 is 11.3 Å². The predicted octanol–water partition coefficient (Wildman–Crippen LogP) is 4.86. The largest absolute Gasteiger partial charge is 0.321 e. The Hall–Kier alpha value is -3.25. The standard InChI is InChI=1S/C21H18N4OS/c1-14-18(12-22-25(14)16-8-4-3-5-9-16)21(26)24-19-11-7-6-10-17(19)20-13-27-15(2)23-20/h3-13H,1-2H3,(H,24,26). The summed E-state index contributed by atoms with van der Waals surface area (Å²) in [5.74, 6) is -0.186. The fourth-order valence-corrected chi connectivity index (χ4v) is 3.57. The summed E-state index contributed by atoms with van der Waals surface area (Å²) in [6.07, 6.45) is 1.60. The van der Waals surface area contributed by atoms with Crippen LogP contribution in [0.3, 0.4) is 0 Å². The molecule has 0 aliphatic carbocycles. The Morgan fingerprint density at radius 3 is 2.52 bits per heavy atom. The number of nitrogens with zero attached hydrogens (tertiary/aromatic N) is 3. The zero-order chi connectivity index (χ0) is 18.8. The van der Waals surface area contributed by atoms with Gasteiger partial charge in [-0.3, -0.25) is 4.79 Å². The van der Waals surface area contributed by atoms with Crippen LogP contribution in [0.4, 0.5) is 5.69 Å². The third-order valence-corrected chi connectivity index (χ3v) is 5.10. The van der Waals surface area contributed by atoms with Crippen molar-refractivity contribution in [3.05, 3.63) is 82.4 Å². The lowest BCUT2D eigenvalue weighted by molar-refractivity contribution is 0.102. The summed E-state index contributed by atoms with van der Waals surface area (Å²) in [6.45, 7) is 3.86. The van der Waals surface area contributed by atoms with E-state index >= 15 is 0 Å². The molecule has 27 heavy (non-hydrogen) atoms. The van der Waals surface area contributed by atoms with Gasteiger partial charge in [0.05, 0.1) is 39.5 Å². The van der Waals surface area contributed by atoms with Gasteiger partial charge in [0.1, 0.15) is 0 Å². The van der Waals surface area contributed by atoms with Crippen molar-refractivity contribution in [2.45, 2.75) is 13.8 Å². The van der Waals surface area contributed by atoms with Crippen molar-refractivity contribution >= 4 is 22.9 Å². The number of nitrogens with one attached hydrogen (secondary N) is 1. The van der Waals surface area contributed by atoms with Gasteiger partial charge in [-0.25, -0.2) is 9.67 Å². The number of para-hydroxylation sites is 2. The maximum Gasteiger partial charge on any atom is 0.259 e. The molecule has 0 unspecified atom stereocenters. The van der Waals surface area contributed by atoms with E-state index in [1.807, 2.05) is 73.8 Å². The molecule has 134 valence electrons. The lowest BCUT2D eigenvalue weighted by Gasteiger charge is -2.10. The number of amides is 1. The number of carbonyl (C=O) groups excluding carboxylic acids is 1. The van der Waals surface area contributed by atoms with E-state index in [1.165, 1.54) is 0 Å². The molecule has 4 rings (SSSR count). The summed E-state index contributed by atoms with van der Waals surface area (Å²) in [4.78, 5) is 17.4. The average Bonchev–Trinajstić information content (AvgIpc) is 3.28. The predicted molar refractivity (Wildman–Crippen MR) is 109 cm³/mol. The average molecular weight is 374 g/mol. The number of aromatic nitrogens is 3. The summed E-state index contributed by atoms with van der Waals surface area (Å²) < 4.78 is 1.77. The van der Waals surface area contributed by atoms with Gasteiger partial charge >= 0.3 is 0 Å². The first-order valence-corrected chi connectivity index (χ1v) is 9.44. The van der Waals surface area contributed by atoms with E-state index in [-0.39, 0.29) is 5.91 Å². The van der Waals surface area contributed by atoms with Crippen molar-refractivity contribution in [2.75, 3.05) is 5.32 Å². The number of aryl methyl sites for hydroxylation is 1. The molecule has 0 atom stereocenters. The van der Waals surface area contributed by atoms with Crippen LogP contribution in [0.1, 0.15) is 21.1 Å². The molecular weight excluding hydrogens is 356 g/mol. The van der Waals surface area contributed by atoms with Crippen LogP contribution in [0.25, 0.3) is 16.9 Å². The molecule has 0 saturated heterocycles. The number of rotatable bonds is 4. The summed E-state index contributed by atoms with van der Waals surface area (Å²) in [5.41, 5.74) is 4.77. The summed E-state index contributed by atoms with van der Waals surface area (Å²) in [5, 5.41) is 10.4. The van der Waals surface area contributed by atoms with E-state index < -0.39 is 0 Å². The van der Waals surface area contributed by atoms with Crippen LogP contribution in [0.15, 0.2) is 66.2 Å². The minimum absolute atomic E-state index is 0.186. The first kappa shape index (κ1) is 17.2. The van der Waals surface area contributed by atoms with Gasteiger partial charge in [0.2, 0.25) is 0 Å². The molecule has 0 spiro atoms. The Bertz CT molecular complexity index is 1100. The highest BCUT2D eigenvalue weighted by molar-refractivity contribution is 7.09. The van der Waals surface area contributed by atoms with Gasteiger partial charge in [-0.2, -0.15) is 5.10 Å². The SMILES string of the molecule is Cc1nc(-c2ccccc2NC(=O)c2cnn(-c3ccccc3)c2C)cs1. The number of hydrogen-bond donors (Lipinski definition) is 1. The van der Waals surface area contributed by atoms with Crippen LogP contribution < -0.4 is 5.32 Å². The Balaban J connectivity index is 1.64. The molecule has 0 bridgehead atoms. The first-order valence-electron chi connectivity index (χ1n) is 8.56. The van der Waals surface area contributed by atoms with Crippen LogP contribution in [0, 0.1) is 13.8 Å². The van der Waals surface area contributed by atoms with Crippen molar-refractivity contribution in [3.8, 4) is 16.9 Å². The highest BCUT2D eigenvalue weighted by Crippen LogP contribution is 2.29. The lowest BCUT2D eigenvalue weighted by atomic mass is 10.1. The molecule has 6 heteroatoms. The quantitative estimate of drug-likeness (QED) is 0.555. The molecule has 0 aliphatic heterocycles. The Morgan fingerprint density at radius 2 is 1.78 bits per heavy atom. The first-order chi connectivity index (χ1) is 13.1. The minimum atomic E-state index is -0.186. The van der Waals surface area contributed by atoms with Crippen molar-refractivity contribution in [3.63, 3.8) is 0 Å². The molecular formula is C21H18N4OS. The summed E-state index contributed by atoms with van der Waals surface area (Å²) in [6, 6.07) is 17.5. The molecule has 4 aromatic rings. The van der Waals surface area contributed by atoms with E-state index in [0.717, 1.165) is 33.3 Å². The van der Waals surface area contributed by atoms with Crippen LogP contribution in [-0.2, 0) is 0 Å². The maximum atomic E-state index is 12.9. The molecule has 0 saturated carbocycles. The summed E-state index contributed by atoms with van der Waals surface area (Å²) in [7, 11) is 0. The number of benzene rings is 2. The molecule has 0 fully saturated rings. The smallest absolute Gasteiger partial charge is 0.259 e. The third-order valence-electron chi connectivity index (χ3n) is 4.33. The van der Waals surface area contributed by atoms with Gasteiger partial charge in [-0.1, -0.05) is 36.4 Å². The van der Waals surface area contributed by atoms with Crippen molar-refractivity contribution in [2.24, 2.45) is 0 Å². The highest BCUT2D eigenvalue weighted by Gasteiger charge is 2.17. The zero-order valence-electron chi connectivity index (χ0n) is 15.0. The molecule has 2 heterocycles. The Morgan fingerprint density at radius 1 is 1.04 bits per heavy atom. The Labute approximate surface area is 161 Å². The van der Waals surface area contributed by atoms with E-state index in [0.29, 0.717) is 5.56 Å². The number of anilines is 1. The monoisotopic (exact) mass is 374 g/mol. The fraction of sp³-hybridized carbons (Fsp3) is 0.0952. The normalized spacial score (nSPS) is 10.7. The summed E-state index contributed by atoms with van der Waals surface area (Å²) >= 11 is 1.59. The number of thiazole rings is 1. The molecule has 1 N–H and O–H groups in total. The molecule has 2 aromatic heterocycles. The van der Waals surface area contributed by atoms with Crippen molar-refractivity contribution in [1.29, 1.82) is 0 Å². The van der Waals surface area contributed by atoms with Crippen LogP contribution in [0.2, 0.25) is 0 Å². The second-order valence-electron chi connectivity index (χ2n) is 6.14. The third kappa shape index (κ3) is 3.39. The topological polar surface area (TPSA) is 59.8 Å². The van der Waals surface area contributed by atoms with E-state index in [4.69, 9.17) is 0 Å². The van der Waals surface area contributed by atoms with Crippen molar-refractivity contribution < 1.29 is 4.79 Å². The molecule has 1 amide bonds. The van der Waals surface area contributed by atoms with E-state index in [2.05, 4.69) is 15.4 Å². The van der Waals surface area contributed by atoms with E-state index in [1.54, 1.807) is 22.2 Å². The van der Waals surface area contributed by atoms with Gasteiger partial charge in [-0.15, -0.1) is 11.3 Å². The Kier molecular flexibility index (Phi) is 4.56. The van der Waals surface area contributed by atoms with Gasteiger partial charge in [0, 0.05) is 10.9 Å². The zero-order valence-corrected chi connectivity index (χ0v) is 15.8. The fourth-order valence-electron chi connectivity index (χ4n) is 2.95. The number of hydrogen-bond acceptors (Lipinski definition) is 4. The molecule has 0 radical (unpaired) electrons. The highest BCUT2D eigenvalue weighted by atomic mass is 32.1.